The minimum Gasteiger partial charge on any atom is -0.489 e. The zero-order valence-electron chi connectivity index (χ0n) is 14.7. The van der Waals surface area contributed by atoms with Crippen molar-refractivity contribution < 1.29 is 23.1 Å². The third-order valence-electron chi connectivity index (χ3n) is 5.14. The fourth-order valence-electron chi connectivity index (χ4n) is 3.94. The number of benzene rings is 2. The second kappa shape index (κ2) is 7.35. The molecule has 0 amide bonds. The van der Waals surface area contributed by atoms with Gasteiger partial charge in [-0.2, -0.15) is 0 Å². The van der Waals surface area contributed by atoms with Crippen molar-refractivity contribution in [1.82, 2.24) is 4.72 Å². The molecule has 2 aromatic rings. The average Bonchev–Trinajstić information content (AvgIpc) is 3.20. The highest BCUT2D eigenvalue weighted by atomic mass is 79.9. The van der Waals surface area contributed by atoms with Crippen molar-refractivity contribution in [3.05, 3.63) is 64.1 Å². The third-order valence-corrected chi connectivity index (χ3v) is 7.17. The van der Waals surface area contributed by atoms with Gasteiger partial charge in [0.15, 0.2) is 0 Å². The number of ether oxygens (including phenoxy) is 1. The molecule has 0 radical (unpaired) electrons. The molecule has 1 aliphatic carbocycles. The van der Waals surface area contributed by atoms with E-state index in [1.807, 2.05) is 12.1 Å². The predicted octanol–water partition coefficient (Wildman–Crippen LogP) is 3.53. The van der Waals surface area contributed by atoms with Crippen LogP contribution in [-0.2, 0) is 14.8 Å². The van der Waals surface area contributed by atoms with Gasteiger partial charge in [-0.3, -0.25) is 0 Å². The first kappa shape index (κ1) is 19.2. The summed E-state index contributed by atoms with van der Waals surface area (Å²) in [6.45, 7) is 0. The quantitative estimate of drug-likeness (QED) is 0.661. The lowest BCUT2D eigenvalue weighted by Crippen LogP contribution is -2.37. The summed E-state index contributed by atoms with van der Waals surface area (Å²) in [6, 6.07) is 11.8. The maximum Gasteiger partial charge on any atom is 0.328 e. The summed E-state index contributed by atoms with van der Waals surface area (Å²) in [5.74, 6) is -0.489. The Labute approximate surface area is 171 Å². The number of halogens is 1. The average molecular weight is 464 g/mol. The molecule has 3 unspecified atom stereocenters. The Hall–Kier alpha value is -2.16. The van der Waals surface area contributed by atoms with Crippen molar-refractivity contribution in [1.29, 1.82) is 0 Å². The molecule has 4 rings (SSSR count). The zero-order chi connectivity index (χ0) is 19.9. The molecule has 2 N–H and O–H groups in total. The number of carbonyl (C=O) groups is 1. The maximum absolute atomic E-state index is 12.8. The molecule has 0 spiro atoms. The maximum atomic E-state index is 12.8. The molecule has 1 fully saturated rings. The van der Waals surface area contributed by atoms with Crippen LogP contribution in [-0.4, -0.2) is 31.6 Å². The van der Waals surface area contributed by atoms with E-state index in [2.05, 4.69) is 20.7 Å². The van der Waals surface area contributed by atoms with Gasteiger partial charge in [-0.1, -0.05) is 34.1 Å². The molecule has 8 heteroatoms. The first-order valence-electron chi connectivity index (χ1n) is 8.83. The highest BCUT2D eigenvalue weighted by Gasteiger charge is 2.46. The van der Waals surface area contributed by atoms with Gasteiger partial charge in [-0.05, 0) is 43.2 Å². The monoisotopic (exact) mass is 463 g/mol. The largest absolute Gasteiger partial charge is 0.489 e. The molecule has 0 bridgehead atoms. The SMILES string of the molecule is O=C(O)C=Cc1cccc2c1OC1CCC(NS(=O)(=O)c3ccc(Br)cc3)C21. The fraction of sp³-hybridized carbons (Fsp3) is 0.250. The second-order valence-electron chi connectivity index (χ2n) is 6.88. The van der Waals surface area contributed by atoms with E-state index < -0.39 is 16.0 Å². The van der Waals surface area contributed by atoms with E-state index in [9.17, 15) is 13.2 Å². The van der Waals surface area contributed by atoms with Gasteiger partial charge in [0.1, 0.15) is 11.9 Å². The summed E-state index contributed by atoms with van der Waals surface area (Å²) < 4.78 is 35.3. The number of sulfonamides is 1. The molecular weight excluding hydrogens is 446 g/mol. The van der Waals surface area contributed by atoms with Gasteiger partial charge < -0.3 is 9.84 Å². The van der Waals surface area contributed by atoms with E-state index in [1.54, 1.807) is 30.3 Å². The van der Waals surface area contributed by atoms with Crippen molar-refractivity contribution in [2.24, 2.45) is 0 Å². The van der Waals surface area contributed by atoms with Crippen LogP contribution in [0.4, 0.5) is 0 Å². The minimum absolute atomic E-state index is 0.0987. The topological polar surface area (TPSA) is 92.7 Å². The van der Waals surface area contributed by atoms with Crippen LogP contribution in [0.3, 0.4) is 0 Å². The van der Waals surface area contributed by atoms with Crippen molar-refractivity contribution in [2.45, 2.75) is 35.8 Å². The number of para-hydroxylation sites is 1. The van der Waals surface area contributed by atoms with Crippen LogP contribution in [0, 0.1) is 0 Å². The van der Waals surface area contributed by atoms with Crippen molar-refractivity contribution in [3.8, 4) is 5.75 Å². The Morgan fingerprint density at radius 3 is 2.64 bits per heavy atom. The molecule has 3 atom stereocenters. The van der Waals surface area contributed by atoms with Crippen LogP contribution < -0.4 is 9.46 Å². The van der Waals surface area contributed by atoms with E-state index in [0.717, 1.165) is 22.5 Å². The van der Waals surface area contributed by atoms with Crippen LogP contribution in [0.5, 0.6) is 5.75 Å². The lowest BCUT2D eigenvalue weighted by atomic mass is 9.93. The van der Waals surface area contributed by atoms with E-state index in [1.165, 1.54) is 6.08 Å². The van der Waals surface area contributed by atoms with Crippen molar-refractivity contribution in [3.63, 3.8) is 0 Å². The summed E-state index contributed by atoms with van der Waals surface area (Å²) in [6.07, 6.45) is 3.87. The summed E-state index contributed by atoms with van der Waals surface area (Å²) in [5, 5.41) is 8.87. The highest BCUT2D eigenvalue weighted by molar-refractivity contribution is 9.10. The van der Waals surface area contributed by atoms with Crippen molar-refractivity contribution in [2.75, 3.05) is 0 Å². The molecule has 1 saturated carbocycles. The minimum atomic E-state index is -3.65. The Kier molecular flexibility index (Phi) is 5.03. The second-order valence-corrected chi connectivity index (χ2v) is 9.51. The molecule has 1 aliphatic heterocycles. The van der Waals surface area contributed by atoms with E-state index in [0.29, 0.717) is 17.7 Å². The van der Waals surface area contributed by atoms with E-state index in [4.69, 9.17) is 9.84 Å². The van der Waals surface area contributed by atoms with E-state index in [-0.39, 0.29) is 23.0 Å². The number of carboxylic acids is 1. The normalized spacial score (nSPS) is 23.4. The van der Waals surface area contributed by atoms with Crippen LogP contribution in [0.25, 0.3) is 6.08 Å². The predicted molar refractivity (Wildman–Crippen MR) is 108 cm³/mol. The summed E-state index contributed by atoms with van der Waals surface area (Å²) in [4.78, 5) is 11.0. The Bertz CT molecular complexity index is 1050. The molecule has 1 heterocycles. The van der Waals surface area contributed by atoms with Gasteiger partial charge in [-0.25, -0.2) is 17.9 Å². The molecule has 28 heavy (non-hydrogen) atoms. The Balaban J connectivity index is 1.62. The van der Waals surface area contributed by atoms with Gasteiger partial charge >= 0.3 is 5.97 Å². The van der Waals surface area contributed by atoms with Gasteiger partial charge in [0.25, 0.3) is 0 Å². The molecule has 0 saturated heterocycles. The molecule has 2 aliphatic rings. The number of nitrogens with one attached hydrogen (secondary N) is 1. The fourth-order valence-corrected chi connectivity index (χ4v) is 5.50. The Morgan fingerprint density at radius 1 is 1.18 bits per heavy atom. The summed E-state index contributed by atoms with van der Waals surface area (Å²) in [7, 11) is -3.65. The van der Waals surface area contributed by atoms with Crippen LogP contribution >= 0.6 is 15.9 Å². The number of aliphatic carboxylic acids is 1. The van der Waals surface area contributed by atoms with Gasteiger partial charge in [0, 0.05) is 33.6 Å². The number of fused-ring (bicyclic) bond motifs is 3. The number of rotatable bonds is 5. The molecule has 0 aromatic heterocycles. The molecule has 146 valence electrons. The lowest BCUT2D eigenvalue weighted by molar-refractivity contribution is -0.131. The van der Waals surface area contributed by atoms with Crippen LogP contribution in [0.2, 0.25) is 0 Å². The smallest absolute Gasteiger partial charge is 0.328 e. The number of carboxylic acid groups (broad SMARTS) is 1. The lowest BCUT2D eigenvalue weighted by Gasteiger charge is -2.19. The van der Waals surface area contributed by atoms with Gasteiger partial charge in [0.05, 0.1) is 4.90 Å². The summed E-state index contributed by atoms with van der Waals surface area (Å²) in [5.41, 5.74) is 1.60. The first-order chi connectivity index (χ1) is 13.3. The highest BCUT2D eigenvalue weighted by Crippen LogP contribution is 2.49. The van der Waals surface area contributed by atoms with E-state index >= 15 is 0 Å². The Morgan fingerprint density at radius 2 is 1.93 bits per heavy atom. The van der Waals surface area contributed by atoms with Crippen LogP contribution in [0.1, 0.15) is 29.9 Å². The summed E-state index contributed by atoms with van der Waals surface area (Å²) >= 11 is 3.31. The van der Waals surface area contributed by atoms with Gasteiger partial charge in [0.2, 0.25) is 10.0 Å². The van der Waals surface area contributed by atoms with Crippen LogP contribution in [0.15, 0.2) is 57.9 Å². The first-order valence-corrected chi connectivity index (χ1v) is 11.1. The van der Waals surface area contributed by atoms with Crippen molar-refractivity contribution >= 4 is 38.0 Å². The number of hydrogen-bond donors (Lipinski definition) is 2. The standard InChI is InChI=1S/C20H18BrNO5S/c21-13-5-7-14(8-6-13)28(25,26)22-16-9-10-17-19(16)15-3-1-2-12(20(15)27-17)4-11-18(23)24/h1-8,11,16-17,19,22H,9-10H2,(H,23,24). The molecular formula is C20H18BrNO5S. The van der Waals surface area contributed by atoms with Gasteiger partial charge in [-0.15, -0.1) is 0 Å². The third kappa shape index (κ3) is 3.59. The zero-order valence-corrected chi connectivity index (χ0v) is 17.1. The molecule has 6 nitrogen and oxygen atoms in total. The number of hydrogen-bond acceptors (Lipinski definition) is 4. The molecule has 2 aromatic carbocycles.